The number of benzene rings is 2. The van der Waals surface area contributed by atoms with Crippen molar-refractivity contribution in [3.05, 3.63) is 65.2 Å². The van der Waals surface area contributed by atoms with E-state index in [0.29, 0.717) is 5.92 Å². The summed E-state index contributed by atoms with van der Waals surface area (Å²) in [5.74, 6) is 0.578. The quantitative estimate of drug-likeness (QED) is 0.495. The summed E-state index contributed by atoms with van der Waals surface area (Å²) in [6.45, 7) is 8.84. The summed E-state index contributed by atoms with van der Waals surface area (Å²) in [7, 11) is 0. The molecular weight excluding hydrogens is 247 g/mol. The van der Waals surface area contributed by atoms with E-state index in [9.17, 15) is 0 Å². The number of hydrogen-bond donors (Lipinski definition) is 0. The van der Waals surface area contributed by atoms with Crippen LogP contribution in [0.15, 0.2) is 48.5 Å². The Kier molecular flexibility index (Phi) is 4.72. The summed E-state index contributed by atoms with van der Waals surface area (Å²) in [4.78, 5) is 0. The van der Waals surface area contributed by atoms with E-state index in [4.69, 9.17) is 0 Å². The van der Waals surface area contributed by atoms with Crippen molar-refractivity contribution in [2.75, 3.05) is 0 Å². The molecule has 1 heteroatoms. The van der Waals surface area contributed by atoms with Crippen LogP contribution in [0, 0.1) is 13.8 Å². The standard InChI is InChI=1S/C20H21.Li/c1-13(2)17-11-16-6-5-7-19(20(16)12-17)18-9-14(3)8-15(4)10-18;/h5-13H,1-4H3;/q-1;+1. The van der Waals surface area contributed by atoms with Gasteiger partial charge in [0.1, 0.15) is 0 Å². The zero-order chi connectivity index (χ0) is 14.3. The van der Waals surface area contributed by atoms with Gasteiger partial charge in [0.05, 0.1) is 0 Å². The molecule has 0 aliphatic rings. The zero-order valence-electron chi connectivity index (χ0n) is 13.7. The van der Waals surface area contributed by atoms with E-state index in [2.05, 4.69) is 76.2 Å². The van der Waals surface area contributed by atoms with Gasteiger partial charge in [-0.3, -0.25) is 0 Å². The van der Waals surface area contributed by atoms with E-state index in [1.165, 1.54) is 38.6 Å². The first-order valence-corrected chi connectivity index (χ1v) is 7.32. The second-order valence-corrected chi connectivity index (χ2v) is 6.13. The molecule has 0 spiro atoms. The minimum Gasteiger partial charge on any atom is -0.164 e. The fourth-order valence-electron chi connectivity index (χ4n) is 2.97. The molecule has 0 radical (unpaired) electrons. The summed E-state index contributed by atoms with van der Waals surface area (Å²) in [6.07, 6.45) is 0. The van der Waals surface area contributed by atoms with Gasteiger partial charge in [0.2, 0.25) is 0 Å². The van der Waals surface area contributed by atoms with Crippen LogP contribution in [0.25, 0.3) is 21.9 Å². The normalized spacial score (nSPS) is 10.9. The van der Waals surface area contributed by atoms with Gasteiger partial charge in [0, 0.05) is 0 Å². The van der Waals surface area contributed by atoms with Crippen LogP contribution in [0.4, 0.5) is 0 Å². The van der Waals surface area contributed by atoms with Crippen LogP contribution < -0.4 is 18.9 Å². The average Bonchev–Trinajstić information content (AvgIpc) is 2.81. The molecule has 3 aromatic carbocycles. The van der Waals surface area contributed by atoms with Crippen LogP contribution in [0.2, 0.25) is 0 Å². The Labute approximate surface area is 139 Å². The second kappa shape index (κ2) is 6.18. The molecule has 0 aliphatic carbocycles. The van der Waals surface area contributed by atoms with Gasteiger partial charge in [0.25, 0.3) is 0 Å². The zero-order valence-corrected chi connectivity index (χ0v) is 13.7. The summed E-state index contributed by atoms with van der Waals surface area (Å²) in [6, 6.07) is 18.1. The maximum Gasteiger partial charge on any atom is 1.00 e. The van der Waals surface area contributed by atoms with Crippen LogP contribution in [0.5, 0.6) is 0 Å². The number of aryl methyl sites for hydroxylation is 2. The monoisotopic (exact) mass is 268 g/mol. The van der Waals surface area contributed by atoms with Crippen molar-refractivity contribution in [2.45, 2.75) is 33.6 Å². The van der Waals surface area contributed by atoms with Crippen molar-refractivity contribution >= 4 is 10.8 Å². The third-order valence-electron chi connectivity index (χ3n) is 3.97. The smallest absolute Gasteiger partial charge is 0.164 e. The van der Waals surface area contributed by atoms with Crippen LogP contribution in [0.3, 0.4) is 0 Å². The predicted molar refractivity (Wildman–Crippen MR) is 88.5 cm³/mol. The van der Waals surface area contributed by atoms with Crippen molar-refractivity contribution in [1.82, 2.24) is 0 Å². The molecule has 3 rings (SSSR count). The summed E-state index contributed by atoms with van der Waals surface area (Å²) < 4.78 is 0. The molecule has 0 unspecified atom stereocenters. The fourth-order valence-corrected chi connectivity index (χ4v) is 2.97. The van der Waals surface area contributed by atoms with E-state index in [1.54, 1.807) is 0 Å². The van der Waals surface area contributed by atoms with E-state index in [1.807, 2.05) is 0 Å². The van der Waals surface area contributed by atoms with Crippen LogP contribution in [0.1, 0.15) is 36.5 Å². The number of fused-ring (bicyclic) bond motifs is 1. The van der Waals surface area contributed by atoms with Gasteiger partial charge >= 0.3 is 18.9 Å². The van der Waals surface area contributed by atoms with Crippen molar-refractivity contribution in [3.8, 4) is 11.1 Å². The summed E-state index contributed by atoms with van der Waals surface area (Å²) in [5, 5.41) is 2.73. The van der Waals surface area contributed by atoms with Crippen LogP contribution in [-0.4, -0.2) is 0 Å². The predicted octanol–water partition coefficient (Wildman–Crippen LogP) is 2.97. The van der Waals surface area contributed by atoms with Gasteiger partial charge in [-0.15, -0.1) is 34.5 Å². The van der Waals surface area contributed by atoms with Crippen LogP contribution >= 0.6 is 0 Å². The van der Waals surface area contributed by atoms with Crippen molar-refractivity contribution < 1.29 is 18.9 Å². The molecule has 0 saturated carbocycles. The Bertz CT molecular complexity index is 742. The van der Waals surface area contributed by atoms with Crippen LogP contribution in [-0.2, 0) is 0 Å². The largest absolute Gasteiger partial charge is 1.00 e. The minimum atomic E-state index is 0. The first kappa shape index (κ1) is 16.0. The molecule has 0 aromatic heterocycles. The van der Waals surface area contributed by atoms with Gasteiger partial charge in [-0.2, -0.15) is 6.07 Å². The molecule has 0 bridgehead atoms. The van der Waals surface area contributed by atoms with Gasteiger partial charge in [0.15, 0.2) is 0 Å². The summed E-state index contributed by atoms with van der Waals surface area (Å²) >= 11 is 0. The molecule has 21 heavy (non-hydrogen) atoms. The first-order valence-electron chi connectivity index (χ1n) is 7.32. The van der Waals surface area contributed by atoms with E-state index >= 15 is 0 Å². The summed E-state index contributed by atoms with van der Waals surface area (Å²) in [5.41, 5.74) is 6.76. The van der Waals surface area contributed by atoms with Crippen molar-refractivity contribution in [2.24, 2.45) is 0 Å². The molecule has 0 amide bonds. The average molecular weight is 268 g/mol. The van der Waals surface area contributed by atoms with Crippen molar-refractivity contribution in [3.63, 3.8) is 0 Å². The van der Waals surface area contributed by atoms with E-state index < -0.39 is 0 Å². The minimum absolute atomic E-state index is 0. The van der Waals surface area contributed by atoms with Gasteiger partial charge in [-0.05, 0) is 25.3 Å². The Morgan fingerprint density at radius 1 is 0.905 bits per heavy atom. The van der Waals surface area contributed by atoms with E-state index in [-0.39, 0.29) is 18.9 Å². The Morgan fingerprint density at radius 3 is 2.19 bits per heavy atom. The van der Waals surface area contributed by atoms with Gasteiger partial charge in [-0.25, -0.2) is 0 Å². The topological polar surface area (TPSA) is 0 Å². The maximum absolute atomic E-state index is 2.35. The Morgan fingerprint density at radius 2 is 1.57 bits per heavy atom. The van der Waals surface area contributed by atoms with Gasteiger partial charge in [-0.1, -0.05) is 54.8 Å². The number of rotatable bonds is 2. The molecule has 0 saturated heterocycles. The SMILES string of the molecule is Cc1cc(C)cc(-c2cccc3[cH-]c(C(C)C)cc23)c1.[Li+]. The molecule has 0 aliphatic heterocycles. The molecular formula is C20H21Li. The second-order valence-electron chi connectivity index (χ2n) is 6.13. The van der Waals surface area contributed by atoms with Gasteiger partial charge < -0.3 is 0 Å². The molecule has 0 heterocycles. The maximum atomic E-state index is 2.35. The van der Waals surface area contributed by atoms with Crippen molar-refractivity contribution in [1.29, 1.82) is 0 Å². The molecule has 102 valence electrons. The fraction of sp³-hybridized carbons (Fsp3) is 0.250. The number of hydrogen-bond acceptors (Lipinski definition) is 0. The third kappa shape index (κ3) is 3.13. The molecule has 0 N–H and O–H groups in total. The first-order chi connectivity index (χ1) is 9.54. The Hall–Kier alpha value is -1.35. The molecule has 3 aromatic rings. The Balaban J connectivity index is 0.00000161. The molecule has 0 atom stereocenters. The molecule has 0 fully saturated rings. The third-order valence-corrected chi connectivity index (χ3v) is 3.97. The molecule has 0 nitrogen and oxygen atoms in total. The van der Waals surface area contributed by atoms with E-state index in [0.717, 1.165) is 0 Å².